The molecule has 4 rings (SSSR count). The first-order valence-corrected chi connectivity index (χ1v) is 9.30. The molecule has 0 fully saturated rings. The Kier molecular flexibility index (Phi) is 4.50. The Morgan fingerprint density at radius 1 is 1.21 bits per heavy atom. The number of aromatic carboxylic acids is 1. The Morgan fingerprint density at radius 2 is 1.93 bits per heavy atom. The van der Waals surface area contributed by atoms with Crippen molar-refractivity contribution in [2.24, 2.45) is 0 Å². The third-order valence-electron chi connectivity index (χ3n) is 5.24. The van der Waals surface area contributed by atoms with Gasteiger partial charge in [0.05, 0.1) is 5.57 Å². The van der Waals surface area contributed by atoms with E-state index in [0.717, 1.165) is 22.4 Å². The van der Waals surface area contributed by atoms with Crippen LogP contribution >= 0.6 is 0 Å². The summed E-state index contributed by atoms with van der Waals surface area (Å²) in [6, 6.07) is 5.73. The maximum absolute atomic E-state index is 12.7. The second-order valence-electron chi connectivity index (χ2n) is 6.94. The van der Waals surface area contributed by atoms with E-state index in [2.05, 4.69) is 20.3 Å². The number of anilines is 1. The van der Waals surface area contributed by atoms with Gasteiger partial charge in [0.15, 0.2) is 0 Å². The van der Waals surface area contributed by atoms with Crippen LogP contribution in [0.2, 0.25) is 0 Å². The lowest BCUT2D eigenvalue weighted by atomic mass is 9.99. The highest BCUT2D eigenvalue weighted by Crippen LogP contribution is 2.36. The molecule has 0 atom stereocenters. The SMILES string of the molecule is CCc1c(C=C2C(=O)Nc3nc(C)c(-c4ccncc4)cc32)[nH]c(C(=O)O)c1C. The summed E-state index contributed by atoms with van der Waals surface area (Å²) >= 11 is 0. The lowest BCUT2D eigenvalue weighted by Crippen LogP contribution is -2.04. The third-order valence-corrected chi connectivity index (χ3v) is 5.24. The van der Waals surface area contributed by atoms with Crippen LogP contribution in [0.4, 0.5) is 5.82 Å². The van der Waals surface area contributed by atoms with Crippen LogP contribution in [0.25, 0.3) is 22.8 Å². The molecule has 7 heteroatoms. The lowest BCUT2D eigenvalue weighted by molar-refractivity contribution is -0.110. The number of rotatable bonds is 4. The van der Waals surface area contributed by atoms with Crippen LogP contribution in [0.5, 0.6) is 0 Å². The molecule has 0 aliphatic carbocycles. The van der Waals surface area contributed by atoms with Crippen molar-refractivity contribution in [3.05, 3.63) is 64.4 Å². The normalized spacial score (nSPS) is 14.2. The van der Waals surface area contributed by atoms with Gasteiger partial charge in [-0.15, -0.1) is 0 Å². The highest BCUT2D eigenvalue weighted by molar-refractivity contribution is 6.34. The molecule has 0 unspecified atom stereocenters. The van der Waals surface area contributed by atoms with Crippen molar-refractivity contribution in [2.45, 2.75) is 27.2 Å². The van der Waals surface area contributed by atoms with E-state index in [1.807, 2.05) is 32.0 Å². The first-order chi connectivity index (χ1) is 13.9. The van der Waals surface area contributed by atoms with Gasteiger partial charge < -0.3 is 15.4 Å². The fourth-order valence-electron chi connectivity index (χ4n) is 3.76. The molecule has 146 valence electrons. The summed E-state index contributed by atoms with van der Waals surface area (Å²) in [7, 11) is 0. The number of nitrogens with zero attached hydrogens (tertiary/aromatic N) is 2. The second kappa shape index (κ2) is 7.01. The van der Waals surface area contributed by atoms with Gasteiger partial charge in [-0.05, 0) is 61.2 Å². The molecule has 3 aromatic heterocycles. The molecular formula is C22H20N4O3. The first-order valence-electron chi connectivity index (χ1n) is 9.30. The molecular weight excluding hydrogens is 368 g/mol. The fraction of sp³-hybridized carbons (Fsp3) is 0.182. The van der Waals surface area contributed by atoms with Gasteiger partial charge >= 0.3 is 5.97 Å². The number of carbonyl (C=O) groups is 2. The van der Waals surface area contributed by atoms with E-state index < -0.39 is 5.97 Å². The van der Waals surface area contributed by atoms with Crippen LogP contribution < -0.4 is 5.32 Å². The van der Waals surface area contributed by atoms with Crippen molar-refractivity contribution >= 4 is 29.3 Å². The summed E-state index contributed by atoms with van der Waals surface area (Å²) in [5, 5.41) is 12.2. The zero-order valence-corrected chi connectivity index (χ0v) is 16.3. The molecule has 1 aliphatic rings. The molecule has 0 aromatic carbocycles. The van der Waals surface area contributed by atoms with Gasteiger partial charge in [0, 0.05) is 34.9 Å². The Morgan fingerprint density at radius 3 is 2.59 bits per heavy atom. The number of H-pyrrole nitrogens is 1. The molecule has 4 heterocycles. The largest absolute Gasteiger partial charge is 0.477 e. The number of hydrogen-bond acceptors (Lipinski definition) is 4. The van der Waals surface area contributed by atoms with E-state index in [0.29, 0.717) is 34.6 Å². The number of aromatic nitrogens is 3. The Labute approximate surface area is 167 Å². The quantitative estimate of drug-likeness (QED) is 0.589. The minimum Gasteiger partial charge on any atom is -0.477 e. The van der Waals surface area contributed by atoms with Crippen molar-refractivity contribution in [1.29, 1.82) is 0 Å². The minimum atomic E-state index is -1.02. The molecule has 0 saturated heterocycles. The standard InChI is InChI=1S/C22H20N4O3/c1-4-14-11(2)19(22(28)29)25-18(14)10-17-16-9-15(13-5-7-23-8-6-13)12(3)24-20(16)26-21(17)27/h5-10,25H,4H2,1-3H3,(H,28,29)(H,24,26,27). The maximum Gasteiger partial charge on any atom is 0.352 e. The van der Waals surface area contributed by atoms with Crippen molar-refractivity contribution in [3.63, 3.8) is 0 Å². The van der Waals surface area contributed by atoms with Gasteiger partial charge in [-0.3, -0.25) is 9.78 Å². The predicted molar refractivity (Wildman–Crippen MR) is 111 cm³/mol. The van der Waals surface area contributed by atoms with E-state index in [-0.39, 0.29) is 11.6 Å². The van der Waals surface area contributed by atoms with Crippen LogP contribution in [-0.4, -0.2) is 31.9 Å². The monoisotopic (exact) mass is 388 g/mol. The lowest BCUT2D eigenvalue weighted by Gasteiger charge is -2.08. The van der Waals surface area contributed by atoms with Crippen LogP contribution in [0.3, 0.4) is 0 Å². The van der Waals surface area contributed by atoms with Crippen molar-refractivity contribution in [3.8, 4) is 11.1 Å². The first kappa shape index (κ1) is 18.6. The van der Waals surface area contributed by atoms with Gasteiger partial charge in [-0.25, -0.2) is 9.78 Å². The number of pyridine rings is 2. The Balaban J connectivity index is 1.88. The highest BCUT2D eigenvalue weighted by Gasteiger charge is 2.28. The molecule has 0 bridgehead atoms. The summed E-state index contributed by atoms with van der Waals surface area (Å²) in [5.41, 5.74) is 6.17. The van der Waals surface area contributed by atoms with E-state index in [4.69, 9.17) is 0 Å². The van der Waals surface area contributed by atoms with Gasteiger partial charge in [0.25, 0.3) is 5.91 Å². The number of hydrogen-bond donors (Lipinski definition) is 3. The number of fused-ring (bicyclic) bond motifs is 1. The van der Waals surface area contributed by atoms with E-state index >= 15 is 0 Å². The van der Waals surface area contributed by atoms with Crippen LogP contribution in [-0.2, 0) is 11.2 Å². The topological polar surface area (TPSA) is 108 Å². The number of aryl methyl sites for hydroxylation is 1. The molecule has 0 spiro atoms. The fourth-order valence-corrected chi connectivity index (χ4v) is 3.76. The number of amides is 1. The van der Waals surface area contributed by atoms with Crippen LogP contribution in [0.15, 0.2) is 30.6 Å². The predicted octanol–water partition coefficient (Wildman–Crippen LogP) is 3.84. The second-order valence-corrected chi connectivity index (χ2v) is 6.94. The zero-order chi connectivity index (χ0) is 20.7. The van der Waals surface area contributed by atoms with E-state index in [9.17, 15) is 14.7 Å². The smallest absolute Gasteiger partial charge is 0.352 e. The van der Waals surface area contributed by atoms with Gasteiger partial charge in [-0.2, -0.15) is 0 Å². The third kappa shape index (κ3) is 3.10. The van der Waals surface area contributed by atoms with Crippen molar-refractivity contribution < 1.29 is 14.7 Å². The molecule has 3 N–H and O–H groups in total. The summed E-state index contributed by atoms with van der Waals surface area (Å²) in [6.45, 7) is 5.63. The summed E-state index contributed by atoms with van der Waals surface area (Å²) in [5.74, 6) is -0.767. The number of carbonyl (C=O) groups excluding carboxylic acids is 1. The number of nitrogens with one attached hydrogen (secondary N) is 2. The van der Waals surface area contributed by atoms with Crippen molar-refractivity contribution in [1.82, 2.24) is 15.0 Å². The molecule has 0 saturated carbocycles. The van der Waals surface area contributed by atoms with Gasteiger partial charge in [0.1, 0.15) is 11.5 Å². The highest BCUT2D eigenvalue weighted by atomic mass is 16.4. The molecule has 7 nitrogen and oxygen atoms in total. The number of aromatic amines is 1. The average Bonchev–Trinajstić information content (AvgIpc) is 3.18. The van der Waals surface area contributed by atoms with Crippen molar-refractivity contribution in [2.75, 3.05) is 5.32 Å². The Hall–Kier alpha value is -3.74. The summed E-state index contributed by atoms with van der Waals surface area (Å²) in [4.78, 5) is 35.7. The van der Waals surface area contributed by atoms with E-state index in [1.54, 1.807) is 25.4 Å². The van der Waals surface area contributed by atoms with Gasteiger partial charge in [-0.1, -0.05) is 6.92 Å². The summed E-state index contributed by atoms with van der Waals surface area (Å²) in [6.07, 6.45) is 5.79. The molecule has 3 aromatic rings. The molecule has 29 heavy (non-hydrogen) atoms. The molecule has 1 amide bonds. The van der Waals surface area contributed by atoms with Crippen LogP contribution in [0.1, 0.15) is 45.5 Å². The Bertz CT molecular complexity index is 1180. The van der Waals surface area contributed by atoms with E-state index in [1.165, 1.54) is 0 Å². The van der Waals surface area contributed by atoms with Gasteiger partial charge in [0.2, 0.25) is 0 Å². The number of carboxylic acid groups (broad SMARTS) is 1. The number of carboxylic acids is 1. The summed E-state index contributed by atoms with van der Waals surface area (Å²) < 4.78 is 0. The average molecular weight is 388 g/mol. The zero-order valence-electron chi connectivity index (χ0n) is 16.3. The molecule has 0 radical (unpaired) electrons. The molecule has 1 aliphatic heterocycles. The maximum atomic E-state index is 12.7. The minimum absolute atomic E-state index is 0.145. The van der Waals surface area contributed by atoms with Crippen LogP contribution in [0, 0.1) is 13.8 Å².